The topological polar surface area (TPSA) is 52.6 Å². The molecule has 0 rings (SSSR count). The molecule has 4 nitrogen and oxygen atoms in total. The number of aliphatic carboxylic acids is 1. The number of hydrogen-bond donors (Lipinski definition) is 2. The zero-order chi connectivity index (χ0) is 10.3. The summed E-state index contributed by atoms with van der Waals surface area (Å²) in [5.74, 6) is -0.786. The lowest BCUT2D eigenvalue weighted by molar-refractivity contribution is -0.139. The number of likely N-dealkylation sites (N-methyl/N-ethyl adjacent to an activating group) is 2. The number of carboxylic acid groups (broad SMARTS) is 1. The molecule has 0 aliphatic rings. The fourth-order valence-corrected chi connectivity index (χ4v) is 1.12. The van der Waals surface area contributed by atoms with Gasteiger partial charge in [-0.05, 0) is 27.1 Å². The Balaban J connectivity index is 3.73. The number of hydrogen-bond acceptors (Lipinski definition) is 3. The van der Waals surface area contributed by atoms with Crippen molar-refractivity contribution in [3.05, 3.63) is 0 Å². The van der Waals surface area contributed by atoms with Crippen molar-refractivity contribution in [1.82, 2.24) is 10.2 Å². The zero-order valence-electron chi connectivity index (χ0n) is 8.71. The molecule has 0 aliphatic heterocycles. The van der Waals surface area contributed by atoms with Crippen LogP contribution in [0.3, 0.4) is 0 Å². The lowest BCUT2D eigenvalue weighted by Crippen LogP contribution is -2.43. The monoisotopic (exact) mass is 188 g/mol. The van der Waals surface area contributed by atoms with Crippen LogP contribution in [0, 0.1) is 0 Å². The number of nitrogens with one attached hydrogen (secondary N) is 1. The Morgan fingerprint density at radius 2 is 2.23 bits per heavy atom. The van der Waals surface area contributed by atoms with Gasteiger partial charge in [0, 0.05) is 6.54 Å². The summed E-state index contributed by atoms with van der Waals surface area (Å²) < 4.78 is 0. The lowest BCUT2D eigenvalue weighted by Gasteiger charge is -2.20. The maximum Gasteiger partial charge on any atom is 0.322 e. The minimum atomic E-state index is -0.786. The summed E-state index contributed by atoms with van der Waals surface area (Å²) >= 11 is 0. The van der Waals surface area contributed by atoms with Crippen LogP contribution in [-0.4, -0.2) is 49.2 Å². The van der Waals surface area contributed by atoms with Crippen LogP contribution in [0.1, 0.15) is 19.8 Å². The van der Waals surface area contributed by atoms with E-state index in [1.807, 2.05) is 11.9 Å². The first-order chi connectivity index (χ1) is 6.11. The molecule has 0 fully saturated rings. The van der Waals surface area contributed by atoms with Gasteiger partial charge in [0.1, 0.15) is 6.04 Å². The maximum atomic E-state index is 10.7. The van der Waals surface area contributed by atoms with Gasteiger partial charge < -0.3 is 15.3 Å². The first-order valence-electron chi connectivity index (χ1n) is 4.70. The molecular weight excluding hydrogens is 168 g/mol. The van der Waals surface area contributed by atoms with Crippen molar-refractivity contribution in [3.63, 3.8) is 0 Å². The molecule has 2 N–H and O–H groups in total. The van der Waals surface area contributed by atoms with Crippen LogP contribution in [0.4, 0.5) is 0 Å². The van der Waals surface area contributed by atoms with E-state index < -0.39 is 12.0 Å². The van der Waals surface area contributed by atoms with Crippen LogP contribution in [-0.2, 0) is 4.79 Å². The third kappa shape index (κ3) is 5.60. The van der Waals surface area contributed by atoms with Gasteiger partial charge in [-0.25, -0.2) is 0 Å². The Morgan fingerprint density at radius 3 is 2.62 bits per heavy atom. The highest BCUT2D eigenvalue weighted by Crippen LogP contribution is 1.94. The van der Waals surface area contributed by atoms with Crippen molar-refractivity contribution < 1.29 is 9.90 Å². The second-order valence-electron chi connectivity index (χ2n) is 3.30. The molecule has 78 valence electrons. The average Bonchev–Trinajstić information content (AvgIpc) is 2.10. The smallest absolute Gasteiger partial charge is 0.322 e. The van der Waals surface area contributed by atoms with E-state index in [2.05, 4.69) is 12.2 Å². The largest absolute Gasteiger partial charge is 0.480 e. The van der Waals surface area contributed by atoms with Gasteiger partial charge in [-0.1, -0.05) is 13.3 Å². The molecule has 1 atom stereocenters. The second kappa shape index (κ2) is 6.86. The molecule has 4 heteroatoms. The van der Waals surface area contributed by atoms with Gasteiger partial charge in [0.25, 0.3) is 0 Å². The van der Waals surface area contributed by atoms with Crippen molar-refractivity contribution in [2.24, 2.45) is 0 Å². The van der Waals surface area contributed by atoms with Crippen LogP contribution in [0.5, 0.6) is 0 Å². The van der Waals surface area contributed by atoms with Crippen LogP contribution in [0.25, 0.3) is 0 Å². The summed E-state index contributed by atoms with van der Waals surface area (Å²) in [6.07, 6.45) is 2.26. The molecule has 0 amide bonds. The molecule has 0 aliphatic carbocycles. The molecule has 0 saturated carbocycles. The molecular formula is C9H20N2O2. The quantitative estimate of drug-likeness (QED) is 0.607. The van der Waals surface area contributed by atoms with E-state index in [1.54, 1.807) is 7.05 Å². The Kier molecular flexibility index (Phi) is 6.54. The molecule has 0 aromatic heterocycles. The Hall–Kier alpha value is -0.610. The predicted octanol–water partition coefficient (Wildman–Crippen LogP) is 0.391. The standard InChI is InChI=1S/C9H20N2O2/c1-4-5-6-11(3)7-8(10-2)9(12)13/h8,10H,4-7H2,1-3H3,(H,12,13). The highest BCUT2D eigenvalue weighted by atomic mass is 16.4. The average molecular weight is 188 g/mol. The van der Waals surface area contributed by atoms with E-state index >= 15 is 0 Å². The van der Waals surface area contributed by atoms with Gasteiger partial charge in [-0.15, -0.1) is 0 Å². The normalized spacial score (nSPS) is 13.2. The summed E-state index contributed by atoms with van der Waals surface area (Å²) in [5, 5.41) is 11.5. The van der Waals surface area contributed by atoms with Crippen LogP contribution >= 0.6 is 0 Å². The first kappa shape index (κ1) is 12.4. The van der Waals surface area contributed by atoms with Crippen molar-refractivity contribution in [2.75, 3.05) is 27.2 Å². The number of carbonyl (C=O) groups is 1. The fraction of sp³-hybridized carbons (Fsp3) is 0.889. The van der Waals surface area contributed by atoms with Crippen molar-refractivity contribution in [3.8, 4) is 0 Å². The fourth-order valence-electron chi connectivity index (χ4n) is 1.12. The molecule has 0 bridgehead atoms. The van der Waals surface area contributed by atoms with Gasteiger partial charge in [0.05, 0.1) is 0 Å². The summed E-state index contributed by atoms with van der Waals surface area (Å²) in [6, 6.07) is -0.457. The van der Waals surface area contributed by atoms with Crippen LogP contribution in [0.15, 0.2) is 0 Å². The summed E-state index contributed by atoms with van der Waals surface area (Å²) in [7, 11) is 3.62. The number of nitrogens with zero attached hydrogens (tertiary/aromatic N) is 1. The number of rotatable bonds is 7. The first-order valence-corrected chi connectivity index (χ1v) is 4.70. The highest BCUT2D eigenvalue weighted by molar-refractivity contribution is 5.73. The van der Waals surface area contributed by atoms with E-state index in [0.29, 0.717) is 6.54 Å². The summed E-state index contributed by atoms with van der Waals surface area (Å²) in [4.78, 5) is 12.7. The van der Waals surface area contributed by atoms with E-state index in [0.717, 1.165) is 19.4 Å². The zero-order valence-corrected chi connectivity index (χ0v) is 8.71. The van der Waals surface area contributed by atoms with Crippen LogP contribution < -0.4 is 5.32 Å². The van der Waals surface area contributed by atoms with Gasteiger partial charge in [-0.3, -0.25) is 4.79 Å². The van der Waals surface area contributed by atoms with Crippen molar-refractivity contribution in [1.29, 1.82) is 0 Å². The molecule has 0 radical (unpaired) electrons. The Morgan fingerprint density at radius 1 is 1.62 bits per heavy atom. The molecule has 13 heavy (non-hydrogen) atoms. The van der Waals surface area contributed by atoms with Crippen molar-refractivity contribution in [2.45, 2.75) is 25.8 Å². The predicted molar refractivity (Wildman–Crippen MR) is 52.9 cm³/mol. The number of unbranched alkanes of at least 4 members (excludes halogenated alkanes) is 1. The minimum absolute atomic E-state index is 0.457. The van der Waals surface area contributed by atoms with E-state index in [9.17, 15) is 4.79 Å². The third-order valence-corrected chi connectivity index (χ3v) is 2.03. The van der Waals surface area contributed by atoms with Crippen LogP contribution in [0.2, 0.25) is 0 Å². The Labute approximate surface area is 79.9 Å². The van der Waals surface area contributed by atoms with Gasteiger partial charge >= 0.3 is 5.97 Å². The second-order valence-corrected chi connectivity index (χ2v) is 3.30. The maximum absolute atomic E-state index is 10.7. The minimum Gasteiger partial charge on any atom is -0.480 e. The molecule has 1 unspecified atom stereocenters. The number of carboxylic acids is 1. The summed E-state index contributed by atoms with van der Waals surface area (Å²) in [5.41, 5.74) is 0. The van der Waals surface area contributed by atoms with E-state index in [-0.39, 0.29) is 0 Å². The van der Waals surface area contributed by atoms with E-state index in [4.69, 9.17) is 5.11 Å². The van der Waals surface area contributed by atoms with Gasteiger partial charge in [0.15, 0.2) is 0 Å². The molecule has 0 heterocycles. The van der Waals surface area contributed by atoms with Crippen molar-refractivity contribution >= 4 is 5.97 Å². The molecule has 0 aromatic rings. The molecule has 0 saturated heterocycles. The summed E-state index contributed by atoms with van der Waals surface area (Å²) in [6.45, 7) is 3.65. The molecule has 0 aromatic carbocycles. The van der Waals surface area contributed by atoms with Gasteiger partial charge in [-0.2, -0.15) is 0 Å². The SMILES string of the molecule is CCCCN(C)CC(NC)C(=O)O. The highest BCUT2D eigenvalue weighted by Gasteiger charge is 2.16. The van der Waals surface area contributed by atoms with E-state index in [1.165, 1.54) is 0 Å². The third-order valence-electron chi connectivity index (χ3n) is 2.03. The van der Waals surface area contributed by atoms with Gasteiger partial charge in [0.2, 0.25) is 0 Å². The molecule has 0 spiro atoms. The Bertz CT molecular complexity index is 151. The lowest BCUT2D eigenvalue weighted by atomic mass is 10.2.